The van der Waals surface area contributed by atoms with Gasteiger partial charge in [0.25, 0.3) is 10.0 Å². The van der Waals surface area contributed by atoms with Gasteiger partial charge in [-0.15, -0.1) is 11.3 Å². The minimum Gasteiger partial charge on any atom is -0.279 e. The maximum atomic E-state index is 12.9. The molecule has 3 aromatic rings. The first-order valence-corrected chi connectivity index (χ1v) is 9.73. The molecule has 0 saturated heterocycles. The van der Waals surface area contributed by atoms with Gasteiger partial charge in [-0.05, 0) is 25.0 Å². The van der Waals surface area contributed by atoms with E-state index in [1.54, 1.807) is 34.9 Å². The summed E-state index contributed by atoms with van der Waals surface area (Å²) in [6.45, 7) is 5.77. The molecule has 122 valence electrons. The van der Waals surface area contributed by atoms with Crippen LogP contribution in [0.4, 0.5) is 5.69 Å². The number of nitrogens with one attached hydrogen (secondary N) is 1. The van der Waals surface area contributed by atoms with E-state index in [1.807, 2.05) is 20.8 Å². The van der Waals surface area contributed by atoms with Gasteiger partial charge in [0.2, 0.25) is 0 Å². The van der Waals surface area contributed by atoms with Crippen LogP contribution in [0, 0.1) is 6.92 Å². The zero-order valence-electron chi connectivity index (χ0n) is 12.9. The molecule has 0 radical (unpaired) electrons. The third kappa shape index (κ3) is 2.96. The third-order valence-corrected chi connectivity index (χ3v) is 5.97. The number of fused-ring (bicyclic) bond motifs is 1. The minimum atomic E-state index is -3.81. The number of aryl methyl sites for hydroxylation is 1. The number of para-hydroxylation sites is 1. The summed E-state index contributed by atoms with van der Waals surface area (Å²) in [5.74, 6) is -0.0137. The molecule has 2 heterocycles. The molecule has 1 N–H and O–H groups in total. The molecular weight excluding hydrogens is 354 g/mol. The number of thiazole rings is 1. The largest absolute Gasteiger partial charge is 0.279 e. The standard InChI is InChI=1S/C15H16ClN3O2S2/c1-9(2)13-14(19-8-10(3)22-15(19)17-13)23(20,21)18-12-7-5-4-6-11(12)16/h4-9,18H,1-3H3. The van der Waals surface area contributed by atoms with Crippen LogP contribution in [0.1, 0.15) is 30.3 Å². The average Bonchev–Trinajstić information content (AvgIpc) is 2.96. The van der Waals surface area contributed by atoms with Crippen molar-refractivity contribution in [2.75, 3.05) is 4.72 Å². The van der Waals surface area contributed by atoms with Crippen LogP contribution in [-0.4, -0.2) is 17.8 Å². The van der Waals surface area contributed by atoms with Crippen molar-refractivity contribution in [2.45, 2.75) is 31.7 Å². The second-order valence-corrected chi connectivity index (χ2v) is 8.75. The Labute approximate surface area is 144 Å². The Morgan fingerprint density at radius 1 is 1.30 bits per heavy atom. The van der Waals surface area contributed by atoms with Gasteiger partial charge in [-0.25, -0.2) is 4.98 Å². The van der Waals surface area contributed by atoms with Gasteiger partial charge in [0.05, 0.1) is 16.4 Å². The van der Waals surface area contributed by atoms with E-state index in [2.05, 4.69) is 9.71 Å². The molecule has 0 aliphatic heterocycles. The molecule has 23 heavy (non-hydrogen) atoms. The van der Waals surface area contributed by atoms with Gasteiger partial charge in [0.1, 0.15) is 0 Å². The number of nitrogens with zero attached hydrogens (tertiary/aromatic N) is 2. The topological polar surface area (TPSA) is 63.5 Å². The second kappa shape index (κ2) is 5.81. The Balaban J connectivity index is 2.17. The Hall–Kier alpha value is -1.57. The maximum Gasteiger partial charge on any atom is 0.279 e. The summed E-state index contributed by atoms with van der Waals surface area (Å²) in [6, 6.07) is 6.75. The number of aromatic nitrogens is 2. The van der Waals surface area contributed by atoms with Crippen molar-refractivity contribution >= 4 is 43.6 Å². The Bertz CT molecular complexity index is 974. The van der Waals surface area contributed by atoms with E-state index in [9.17, 15) is 8.42 Å². The van der Waals surface area contributed by atoms with Crippen LogP contribution < -0.4 is 4.72 Å². The van der Waals surface area contributed by atoms with Crippen LogP contribution in [0.2, 0.25) is 5.02 Å². The van der Waals surface area contributed by atoms with Crippen molar-refractivity contribution in [3.05, 3.63) is 46.1 Å². The monoisotopic (exact) mass is 369 g/mol. The number of hydrogen-bond donors (Lipinski definition) is 1. The fourth-order valence-corrected chi connectivity index (χ4v) is 4.98. The smallest absolute Gasteiger partial charge is 0.279 e. The van der Waals surface area contributed by atoms with Crippen LogP contribution in [0.5, 0.6) is 0 Å². The summed E-state index contributed by atoms with van der Waals surface area (Å²) in [7, 11) is -3.81. The molecule has 0 unspecified atom stereocenters. The number of hydrogen-bond acceptors (Lipinski definition) is 4. The highest BCUT2D eigenvalue weighted by Gasteiger charge is 2.28. The first-order chi connectivity index (χ1) is 10.8. The molecule has 0 spiro atoms. The third-order valence-electron chi connectivity index (χ3n) is 3.34. The summed E-state index contributed by atoms with van der Waals surface area (Å²) >= 11 is 7.53. The molecule has 0 atom stereocenters. The van der Waals surface area contributed by atoms with Crippen molar-refractivity contribution in [1.82, 2.24) is 9.38 Å². The van der Waals surface area contributed by atoms with Gasteiger partial charge in [-0.3, -0.25) is 9.12 Å². The summed E-state index contributed by atoms with van der Waals surface area (Å²) in [4.78, 5) is 6.16. The highest BCUT2D eigenvalue weighted by Crippen LogP contribution is 2.31. The van der Waals surface area contributed by atoms with E-state index < -0.39 is 10.0 Å². The number of halogens is 1. The van der Waals surface area contributed by atoms with Gasteiger partial charge in [0, 0.05) is 11.1 Å². The predicted octanol–water partition coefficient (Wildman–Crippen LogP) is 4.28. The average molecular weight is 370 g/mol. The van der Waals surface area contributed by atoms with Crippen molar-refractivity contribution in [3.63, 3.8) is 0 Å². The Morgan fingerprint density at radius 3 is 2.65 bits per heavy atom. The number of benzene rings is 1. The molecule has 3 rings (SSSR count). The van der Waals surface area contributed by atoms with E-state index in [0.717, 1.165) is 4.88 Å². The van der Waals surface area contributed by atoms with E-state index in [-0.39, 0.29) is 10.9 Å². The van der Waals surface area contributed by atoms with Crippen molar-refractivity contribution in [2.24, 2.45) is 0 Å². The molecule has 2 aromatic heterocycles. The van der Waals surface area contributed by atoms with Crippen molar-refractivity contribution in [1.29, 1.82) is 0 Å². The van der Waals surface area contributed by atoms with E-state index in [0.29, 0.717) is 21.4 Å². The lowest BCUT2D eigenvalue weighted by atomic mass is 10.2. The predicted molar refractivity (Wildman–Crippen MR) is 94.2 cm³/mol. The molecule has 5 nitrogen and oxygen atoms in total. The maximum absolute atomic E-state index is 12.9. The molecule has 8 heteroatoms. The van der Waals surface area contributed by atoms with Crippen molar-refractivity contribution < 1.29 is 8.42 Å². The molecule has 0 aliphatic rings. The van der Waals surface area contributed by atoms with Gasteiger partial charge >= 0.3 is 0 Å². The van der Waals surface area contributed by atoms with E-state index in [4.69, 9.17) is 11.6 Å². The summed E-state index contributed by atoms with van der Waals surface area (Å²) in [5, 5.41) is 0.524. The van der Waals surface area contributed by atoms with Crippen LogP contribution in [0.25, 0.3) is 4.96 Å². The zero-order chi connectivity index (χ0) is 16.8. The van der Waals surface area contributed by atoms with Gasteiger partial charge in [-0.1, -0.05) is 37.6 Å². The fraction of sp³-hybridized carbons (Fsp3) is 0.267. The van der Waals surface area contributed by atoms with Crippen LogP contribution in [0.3, 0.4) is 0 Å². The highest BCUT2D eigenvalue weighted by atomic mass is 35.5. The number of anilines is 1. The Kier molecular flexibility index (Phi) is 4.12. The molecule has 0 fully saturated rings. The summed E-state index contributed by atoms with van der Waals surface area (Å²) in [5.41, 5.74) is 0.904. The lowest BCUT2D eigenvalue weighted by Crippen LogP contribution is -2.17. The summed E-state index contributed by atoms with van der Waals surface area (Å²) < 4.78 is 30.1. The zero-order valence-corrected chi connectivity index (χ0v) is 15.3. The normalized spacial score (nSPS) is 12.2. The molecule has 0 amide bonds. The first-order valence-electron chi connectivity index (χ1n) is 7.05. The van der Waals surface area contributed by atoms with Gasteiger partial charge in [0.15, 0.2) is 9.99 Å². The molecule has 0 bridgehead atoms. The lowest BCUT2D eigenvalue weighted by molar-refractivity contribution is 0.593. The van der Waals surface area contributed by atoms with Crippen LogP contribution in [0.15, 0.2) is 35.5 Å². The van der Waals surface area contributed by atoms with Crippen LogP contribution in [-0.2, 0) is 10.0 Å². The number of imidazole rings is 1. The molecule has 1 aromatic carbocycles. The lowest BCUT2D eigenvalue weighted by Gasteiger charge is -2.11. The first kappa shape index (κ1) is 16.3. The van der Waals surface area contributed by atoms with Gasteiger partial charge < -0.3 is 0 Å². The molecular formula is C15H16ClN3O2S2. The molecule has 0 aliphatic carbocycles. The molecule has 0 saturated carbocycles. The van der Waals surface area contributed by atoms with E-state index in [1.165, 1.54) is 11.3 Å². The highest BCUT2D eigenvalue weighted by molar-refractivity contribution is 7.92. The summed E-state index contributed by atoms with van der Waals surface area (Å²) in [6.07, 6.45) is 1.79. The number of rotatable bonds is 4. The van der Waals surface area contributed by atoms with Crippen LogP contribution >= 0.6 is 22.9 Å². The Morgan fingerprint density at radius 2 is 2.00 bits per heavy atom. The van der Waals surface area contributed by atoms with Crippen molar-refractivity contribution in [3.8, 4) is 0 Å². The minimum absolute atomic E-state index is 0.0137. The van der Waals surface area contributed by atoms with E-state index >= 15 is 0 Å². The number of sulfonamides is 1. The second-order valence-electron chi connectivity index (χ2n) is 5.54. The SMILES string of the molecule is Cc1cn2c(S(=O)(=O)Nc3ccccc3Cl)c(C(C)C)nc2s1. The fourth-order valence-electron chi connectivity index (χ4n) is 2.33. The quantitative estimate of drug-likeness (QED) is 0.746. The van der Waals surface area contributed by atoms with Gasteiger partial charge in [-0.2, -0.15) is 8.42 Å².